The molecule has 0 unspecified atom stereocenters. The van der Waals surface area contributed by atoms with Crippen molar-refractivity contribution in [3.05, 3.63) is 58.0 Å². The maximum absolute atomic E-state index is 13.2. The van der Waals surface area contributed by atoms with Gasteiger partial charge in [0.25, 0.3) is 0 Å². The highest BCUT2D eigenvalue weighted by Crippen LogP contribution is 2.33. The van der Waals surface area contributed by atoms with Crippen LogP contribution in [0.4, 0.5) is 13.2 Å². The molecular formula is C18H16ClF3N4O2S. The largest absolute Gasteiger partial charge is 0.420 e. The summed E-state index contributed by atoms with van der Waals surface area (Å²) in [4.78, 5) is 0.112. The summed E-state index contributed by atoms with van der Waals surface area (Å²) in [5, 5.41) is 7.10. The van der Waals surface area contributed by atoms with Crippen molar-refractivity contribution in [2.45, 2.75) is 43.3 Å². The molecule has 3 aromatic rings. The third-order valence-electron chi connectivity index (χ3n) is 4.90. The summed E-state index contributed by atoms with van der Waals surface area (Å²) >= 11 is 5.80. The summed E-state index contributed by atoms with van der Waals surface area (Å²) in [6.07, 6.45) is 0.398. The molecule has 29 heavy (non-hydrogen) atoms. The second kappa shape index (κ2) is 7.26. The Kier molecular flexibility index (Phi) is 5.04. The van der Waals surface area contributed by atoms with Crippen molar-refractivity contribution in [2.24, 2.45) is 0 Å². The number of fused-ring (bicyclic) bond motifs is 2. The zero-order valence-corrected chi connectivity index (χ0v) is 16.6. The molecule has 0 atom stereocenters. The van der Waals surface area contributed by atoms with Crippen LogP contribution in [-0.4, -0.2) is 23.0 Å². The number of hydrogen-bond acceptors (Lipinski definition) is 4. The van der Waals surface area contributed by atoms with Gasteiger partial charge in [0.05, 0.1) is 16.5 Å². The van der Waals surface area contributed by atoms with E-state index >= 15 is 0 Å². The molecular weight excluding hydrogens is 429 g/mol. The van der Waals surface area contributed by atoms with Gasteiger partial charge in [-0.1, -0.05) is 17.7 Å². The van der Waals surface area contributed by atoms with Crippen LogP contribution in [0.3, 0.4) is 0 Å². The number of aromatic nitrogens is 3. The Balaban J connectivity index is 1.62. The van der Waals surface area contributed by atoms with Crippen LogP contribution in [0.2, 0.25) is 5.02 Å². The first kappa shape index (κ1) is 20.1. The Bertz CT molecular complexity index is 1190. The maximum Gasteiger partial charge on any atom is 0.420 e. The van der Waals surface area contributed by atoms with Gasteiger partial charge in [-0.3, -0.25) is 4.40 Å². The van der Waals surface area contributed by atoms with Crippen LogP contribution < -0.4 is 4.72 Å². The monoisotopic (exact) mass is 444 g/mol. The first-order valence-electron chi connectivity index (χ1n) is 8.87. The minimum absolute atomic E-state index is 0.00506. The van der Waals surface area contributed by atoms with E-state index in [1.807, 2.05) is 6.07 Å². The molecule has 1 N–H and O–H groups in total. The van der Waals surface area contributed by atoms with E-state index in [0.717, 1.165) is 47.3 Å². The highest BCUT2D eigenvalue weighted by molar-refractivity contribution is 7.89. The predicted molar refractivity (Wildman–Crippen MR) is 100 cm³/mol. The molecule has 0 amide bonds. The first-order valence-corrected chi connectivity index (χ1v) is 10.7. The van der Waals surface area contributed by atoms with Gasteiger partial charge in [0, 0.05) is 6.20 Å². The SMILES string of the molecule is O=S(=O)(NCc1nnc2c(C(F)(F)F)cc(Cl)cn12)c1ccc2c(c1)CCCC2. The lowest BCUT2D eigenvalue weighted by atomic mass is 9.92. The summed E-state index contributed by atoms with van der Waals surface area (Å²) in [5.41, 5.74) is 0.674. The standard InChI is InChI=1S/C18H16ClF3N4O2S/c19-13-8-15(18(20,21)22)17-25-24-16(26(17)10-13)9-23-29(27,28)14-6-5-11-3-1-2-4-12(11)7-14/h5-8,10,23H,1-4,9H2. The van der Waals surface area contributed by atoms with Gasteiger partial charge in [0.1, 0.15) is 5.56 Å². The number of pyridine rings is 1. The fraction of sp³-hybridized carbons (Fsp3) is 0.333. The molecule has 154 valence electrons. The lowest BCUT2D eigenvalue weighted by Gasteiger charge is -2.16. The number of hydrogen-bond donors (Lipinski definition) is 1. The third-order valence-corrected chi connectivity index (χ3v) is 6.50. The lowest BCUT2D eigenvalue weighted by Crippen LogP contribution is -2.25. The van der Waals surface area contributed by atoms with Crippen LogP contribution >= 0.6 is 11.6 Å². The number of alkyl halides is 3. The van der Waals surface area contributed by atoms with E-state index in [-0.39, 0.29) is 22.3 Å². The smallest absolute Gasteiger partial charge is 0.283 e. The molecule has 0 saturated heterocycles. The van der Waals surface area contributed by atoms with Gasteiger partial charge < -0.3 is 0 Å². The minimum Gasteiger partial charge on any atom is -0.283 e. The van der Waals surface area contributed by atoms with Gasteiger partial charge in [-0.2, -0.15) is 13.2 Å². The van der Waals surface area contributed by atoms with E-state index in [2.05, 4.69) is 14.9 Å². The molecule has 0 bridgehead atoms. The van der Waals surface area contributed by atoms with E-state index in [1.165, 1.54) is 12.3 Å². The normalized spacial score (nSPS) is 14.9. The van der Waals surface area contributed by atoms with Crippen LogP contribution in [0.25, 0.3) is 5.65 Å². The zero-order chi connectivity index (χ0) is 20.8. The van der Waals surface area contributed by atoms with E-state index < -0.39 is 27.4 Å². The first-order chi connectivity index (χ1) is 13.6. The van der Waals surface area contributed by atoms with Crippen molar-refractivity contribution >= 4 is 27.3 Å². The van der Waals surface area contributed by atoms with Gasteiger partial charge >= 0.3 is 6.18 Å². The van der Waals surface area contributed by atoms with Crippen molar-refractivity contribution in [3.8, 4) is 0 Å². The van der Waals surface area contributed by atoms with Crippen LogP contribution in [-0.2, 0) is 35.6 Å². The molecule has 2 heterocycles. The van der Waals surface area contributed by atoms with Crippen LogP contribution in [0, 0.1) is 0 Å². The van der Waals surface area contributed by atoms with Crippen LogP contribution in [0.1, 0.15) is 35.4 Å². The minimum atomic E-state index is -4.67. The predicted octanol–water partition coefficient (Wildman–Crippen LogP) is 3.76. The number of rotatable bonds is 4. The quantitative estimate of drug-likeness (QED) is 0.664. The number of halogens is 4. The van der Waals surface area contributed by atoms with Gasteiger partial charge in [-0.25, -0.2) is 13.1 Å². The molecule has 0 aliphatic heterocycles. The summed E-state index contributed by atoms with van der Waals surface area (Å²) in [5.74, 6) is -0.00506. The molecule has 6 nitrogen and oxygen atoms in total. The summed E-state index contributed by atoms with van der Waals surface area (Å²) < 4.78 is 68.3. The molecule has 1 aliphatic rings. The molecule has 11 heteroatoms. The molecule has 1 aromatic carbocycles. The Morgan fingerprint density at radius 3 is 2.55 bits per heavy atom. The number of nitrogens with zero attached hydrogens (tertiary/aromatic N) is 3. The highest BCUT2D eigenvalue weighted by Gasteiger charge is 2.35. The maximum atomic E-state index is 13.2. The number of benzene rings is 1. The number of sulfonamides is 1. The van der Waals surface area contributed by atoms with Crippen molar-refractivity contribution < 1.29 is 21.6 Å². The number of nitrogens with one attached hydrogen (secondary N) is 1. The van der Waals surface area contributed by atoms with E-state index in [9.17, 15) is 21.6 Å². The van der Waals surface area contributed by atoms with Crippen LogP contribution in [0.5, 0.6) is 0 Å². The van der Waals surface area contributed by atoms with E-state index in [1.54, 1.807) is 6.07 Å². The second-order valence-electron chi connectivity index (χ2n) is 6.84. The third kappa shape index (κ3) is 3.96. The van der Waals surface area contributed by atoms with Crippen molar-refractivity contribution in [2.75, 3.05) is 0 Å². The Morgan fingerprint density at radius 1 is 1.10 bits per heavy atom. The number of aryl methyl sites for hydroxylation is 2. The van der Waals surface area contributed by atoms with E-state index in [4.69, 9.17) is 11.6 Å². The van der Waals surface area contributed by atoms with E-state index in [0.29, 0.717) is 0 Å². The average Bonchev–Trinajstić information content (AvgIpc) is 3.07. The molecule has 0 fully saturated rings. The molecule has 0 spiro atoms. The fourth-order valence-corrected chi connectivity index (χ4v) is 4.69. The summed E-state index contributed by atoms with van der Waals surface area (Å²) in [7, 11) is -3.87. The van der Waals surface area contributed by atoms with Gasteiger partial charge in [0.15, 0.2) is 11.5 Å². The fourth-order valence-electron chi connectivity index (χ4n) is 3.45. The van der Waals surface area contributed by atoms with Gasteiger partial charge in [-0.15, -0.1) is 10.2 Å². The van der Waals surface area contributed by atoms with Crippen LogP contribution in [0.15, 0.2) is 35.4 Å². The van der Waals surface area contributed by atoms with Crippen molar-refractivity contribution in [3.63, 3.8) is 0 Å². The van der Waals surface area contributed by atoms with Crippen molar-refractivity contribution in [1.29, 1.82) is 0 Å². The molecule has 2 aromatic heterocycles. The average molecular weight is 445 g/mol. The summed E-state index contributed by atoms with van der Waals surface area (Å²) in [6.45, 7) is -0.335. The Hall–Kier alpha value is -2.17. The van der Waals surface area contributed by atoms with Gasteiger partial charge in [-0.05, 0) is 55.0 Å². The lowest BCUT2D eigenvalue weighted by molar-refractivity contribution is -0.136. The Labute approximate surface area is 169 Å². The van der Waals surface area contributed by atoms with Gasteiger partial charge in [0.2, 0.25) is 10.0 Å². The molecule has 0 saturated carbocycles. The molecule has 0 radical (unpaired) electrons. The zero-order valence-electron chi connectivity index (χ0n) is 15.0. The Morgan fingerprint density at radius 2 is 1.83 bits per heavy atom. The summed E-state index contributed by atoms with van der Waals surface area (Å²) in [6, 6.07) is 5.75. The second-order valence-corrected chi connectivity index (χ2v) is 9.05. The highest BCUT2D eigenvalue weighted by atomic mass is 35.5. The topological polar surface area (TPSA) is 76.4 Å². The molecule has 4 rings (SSSR count). The molecule has 1 aliphatic carbocycles. The van der Waals surface area contributed by atoms with Crippen molar-refractivity contribution in [1.82, 2.24) is 19.3 Å².